The molecular formula is C14H25NO2. The smallest absolute Gasteiger partial charge is 0.0707 e. The predicted octanol–water partition coefficient (Wildman–Crippen LogP) is 2.23. The Bertz CT molecular complexity index is 265. The van der Waals surface area contributed by atoms with Crippen LogP contribution in [0.4, 0.5) is 0 Å². The van der Waals surface area contributed by atoms with Gasteiger partial charge in [0.05, 0.1) is 17.8 Å². The van der Waals surface area contributed by atoms with Gasteiger partial charge in [-0.25, -0.2) is 0 Å². The van der Waals surface area contributed by atoms with Crippen LogP contribution >= 0.6 is 0 Å². The number of ether oxygens (including phenoxy) is 2. The average molecular weight is 239 g/mol. The van der Waals surface area contributed by atoms with Gasteiger partial charge < -0.3 is 15.2 Å². The summed E-state index contributed by atoms with van der Waals surface area (Å²) in [6.45, 7) is 1.68. The lowest BCUT2D eigenvalue weighted by molar-refractivity contribution is -0.181. The van der Waals surface area contributed by atoms with Gasteiger partial charge in [-0.05, 0) is 51.0 Å². The second-order valence-corrected chi connectivity index (χ2v) is 6.10. The van der Waals surface area contributed by atoms with Crippen molar-refractivity contribution in [3.05, 3.63) is 0 Å². The van der Waals surface area contributed by atoms with Crippen LogP contribution in [0.3, 0.4) is 0 Å². The number of hydrogen-bond donors (Lipinski definition) is 1. The molecule has 1 heterocycles. The molecule has 98 valence electrons. The van der Waals surface area contributed by atoms with Gasteiger partial charge in [0.15, 0.2) is 0 Å². The summed E-state index contributed by atoms with van der Waals surface area (Å²) in [4.78, 5) is 0. The van der Waals surface area contributed by atoms with Crippen LogP contribution in [-0.2, 0) is 9.47 Å². The molecule has 17 heavy (non-hydrogen) atoms. The third kappa shape index (κ3) is 2.38. The lowest BCUT2D eigenvalue weighted by atomic mass is 9.74. The van der Waals surface area contributed by atoms with E-state index in [1.54, 1.807) is 0 Å². The molecule has 3 fully saturated rings. The van der Waals surface area contributed by atoms with Gasteiger partial charge in [0.25, 0.3) is 0 Å². The molecule has 1 aliphatic heterocycles. The molecule has 0 bridgehead atoms. The van der Waals surface area contributed by atoms with Crippen molar-refractivity contribution in [1.82, 2.24) is 0 Å². The molecule has 2 saturated carbocycles. The van der Waals surface area contributed by atoms with Crippen LogP contribution in [-0.4, -0.2) is 31.0 Å². The summed E-state index contributed by atoms with van der Waals surface area (Å²) in [6.07, 6.45) is 10.7. The van der Waals surface area contributed by atoms with E-state index in [0.29, 0.717) is 18.1 Å². The Morgan fingerprint density at radius 1 is 1.18 bits per heavy atom. The van der Waals surface area contributed by atoms with E-state index < -0.39 is 0 Å². The summed E-state index contributed by atoms with van der Waals surface area (Å²) in [5, 5.41) is 0. The van der Waals surface area contributed by atoms with Gasteiger partial charge in [-0.15, -0.1) is 0 Å². The topological polar surface area (TPSA) is 44.5 Å². The molecule has 0 aromatic carbocycles. The first-order valence-corrected chi connectivity index (χ1v) is 7.31. The van der Waals surface area contributed by atoms with Gasteiger partial charge in [0.1, 0.15) is 0 Å². The second-order valence-electron chi connectivity index (χ2n) is 6.10. The van der Waals surface area contributed by atoms with Gasteiger partial charge >= 0.3 is 0 Å². The van der Waals surface area contributed by atoms with Crippen LogP contribution in [0.1, 0.15) is 51.4 Å². The Labute approximate surface area is 104 Å². The standard InChI is InChI=1S/C14H25NO2/c15-10-11-3-1-4-13(11)17-12-5-8-16-14(9-12)6-2-7-14/h11-13H,1-10,15H2. The van der Waals surface area contributed by atoms with Crippen molar-refractivity contribution in [3.8, 4) is 0 Å². The van der Waals surface area contributed by atoms with Crippen molar-refractivity contribution < 1.29 is 9.47 Å². The minimum absolute atomic E-state index is 0.208. The normalized spacial score (nSPS) is 40.4. The van der Waals surface area contributed by atoms with Crippen molar-refractivity contribution in [2.75, 3.05) is 13.2 Å². The molecule has 2 N–H and O–H groups in total. The zero-order valence-corrected chi connectivity index (χ0v) is 10.7. The maximum absolute atomic E-state index is 6.33. The summed E-state index contributed by atoms with van der Waals surface area (Å²) < 4.78 is 12.3. The van der Waals surface area contributed by atoms with Crippen molar-refractivity contribution in [2.24, 2.45) is 11.7 Å². The van der Waals surface area contributed by atoms with Gasteiger partial charge in [-0.3, -0.25) is 0 Å². The fourth-order valence-corrected chi connectivity index (χ4v) is 3.72. The third-order valence-electron chi connectivity index (χ3n) is 4.97. The third-order valence-corrected chi connectivity index (χ3v) is 4.97. The molecule has 3 nitrogen and oxygen atoms in total. The van der Waals surface area contributed by atoms with Crippen molar-refractivity contribution in [1.29, 1.82) is 0 Å². The van der Waals surface area contributed by atoms with Gasteiger partial charge in [0, 0.05) is 13.0 Å². The predicted molar refractivity (Wildman–Crippen MR) is 66.8 cm³/mol. The number of hydrogen-bond acceptors (Lipinski definition) is 3. The monoisotopic (exact) mass is 239 g/mol. The summed E-state index contributed by atoms with van der Waals surface area (Å²) in [6, 6.07) is 0. The molecule has 0 aromatic heterocycles. The fraction of sp³-hybridized carbons (Fsp3) is 1.00. The number of nitrogens with two attached hydrogens (primary N) is 1. The highest BCUT2D eigenvalue weighted by molar-refractivity contribution is 4.95. The van der Waals surface area contributed by atoms with E-state index in [9.17, 15) is 0 Å². The summed E-state index contributed by atoms with van der Waals surface area (Å²) >= 11 is 0. The Balaban J connectivity index is 1.54. The molecule has 1 spiro atoms. The molecule has 3 atom stereocenters. The molecule has 3 unspecified atom stereocenters. The Morgan fingerprint density at radius 2 is 2.06 bits per heavy atom. The fourth-order valence-electron chi connectivity index (χ4n) is 3.72. The molecular weight excluding hydrogens is 214 g/mol. The van der Waals surface area contributed by atoms with Crippen LogP contribution in [0, 0.1) is 5.92 Å². The first kappa shape index (κ1) is 11.9. The highest BCUT2D eigenvalue weighted by Gasteiger charge is 2.44. The van der Waals surface area contributed by atoms with E-state index >= 15 is 0 Å². The summed E-state index contributed by atoms with van der Waals surface area (Å²) in [7, 11) is 0. The lowest BCUT2D eigenvalue weighted by Gasteiger charge is -2.47. The largest absolute Gasteiger partial charge is 0.375 e. The average Bonchev–Trinajstić information content (AvgIpc) is 2.75. The Hall–Kier alpha value is -0.120. The van der Waals surface area contributed by atoms with Gasteiger partial charge in [0.2, 0.25) is 0 Å². The quantitative estimate of drug-likeness (QED) is 0.821. The zero-order chi connectivity index (χ0) is 11.7. The summed E-state index contributed by atoms with van der Waals surface area (Å²) in [5.41, 5.74) is 6.02. The molecule has 3 aliphatic rings. The molecule has 0 aromatic rings. The molecule has 3 heteroatoms. The maximum atomic E-state index is 6.33. The van der Waals surface area contributed by atoms with E-state index in [-0.39, 0.29) is 5.60 Å². The minimum Gasteiger partial charge on any atom is -0.375 e. The zero-order valence-electron chi connectivity index (χ0n) is 10.7. The van der Waals surface area contributed by atoms with Gasteiger partial charge in [-0.2, -0.15) is 0 Å². The minimum atomic E-state index is 0.208. The Morgan fingerprint density at radius 3 is 2.76 bits per heavy atom. The van der Waals surface area contributed by atoms with E-state index in [4.69, 9.17) is 15.2 Å². The van der Waals surface area contributed by atoms with Crippen molar-refractivity contribution in [2.45, 2.75) is 69.2 Å². The highest BCUT2D eigenvalue weighted by Crippen LogP contribution is 2.43. The van der Waals surface area contributed by atoms with Crippen LogP contribution in [0.25, 0.3) is 0 Å². The van der Waals surface area contributed by atoms with Crippen LogP contribution in [0.5, 0.6) is 0 Å². The van der Waals surface area contributed by atoms with Crippen LogP contribution in [0.2, 0.25) is 0 Å². The van der Waals surface area contributed by atoms with Crippen LogP contribution in [0.15, 0.2) is 0 Å². The molecule has 1 saturated heterocycles. The van der Waals surface area contributed by atoms with Crippen molar-refractivity contribution >= 4 is 0 Å². The van der Waals surface area contributed by atoms with Gasteiger partial charge in [-0.1, -0.05) is 6.42 Å². The lowest BCUT2D eigenvalue weighted by Crippen LogP contribution is -2.48. The summed E-state index contributed by atoms with van der Waals surface area (Å²) in [5.74, 6) is 0.607. The maximum Gasteiger partial charge on any atom is 0.0707 e. The molecule has 3 rings (SSSR count). The number of rotatable bonds is 3. The molecule has 0 amide bonds. The van der Waals surface area contributed by atoms with E-state index in [0.717, 1.165) is 26.0 Å². The Kier molecular flexibility index (Phi) is 3.42. The first-order chi connectivity index (χ1) is 8.31. The van der Waals surface area contributed by atoms with Crippen molar-refractivity contribution in [3.63, 3.8) is 0 Å². The molecule has 0 radical (unpaired) electrons. The highest BCUT2D eigenvalue weighted by atomic mass is 16.5. The van der Waals surface area contributed by atoms with E-state index in [1.807, 2.05) is 0 Å². The van der Waals surface area contributed by atoms with E-state index in [2.05, 4.69) is 0 Å². The second kappa shape index (κ2) is 4.87. The van der Waals surface area contributed by atoms with Crippen LogP contribution < -0.4 is 5.73 Å². The first-order valence-electron chi connectivity index (χ1n) is 7.31. The molecule has 2 aliphatic carbocycles. The van der Waals surface area contributed by atoms with E-state index in [1.165, 1.54) is 38.5 Å². The SMILES string of the molecule is NCC1CCCC1OC1CCOC2(CCC2)C1.